The lowest BCUT2D eigenvalue weighted by molar-refractivity contribution is -0.130. The fourth-order valence-corrected chi connectivity index (χ4v) is 7.63. The summed E-state index contributed by atoms with van der Waals surface area (Å²) >= 11 is 0. The molecule has 1 atom stereocenters. The van der Waals surface area contributed by atoms with Crippen molar-refractivity contribution in [1.82, 2.24) is 31.1 Å². The van der Waals surface area contributed by atoms with Crippen LogP contribution in [0.2, 0.25) is 0 Å². The number of nitrogens with zero attached hydrogens (tertiary/aromatic N) is 3. The zero-order chi connectivity index (χ0) is 49.5. The first kappa shape index (κ1) is 51.1. The third kappa shape index (κ3) is 15.4. The molecule has 70 heavy (non-hydrogen) atoms. The number of amides is 6. The molecule has 7 rings (SSSR count). The Balaban J connectivity index is 0.000000230. The number of nitrogens with one attached hydrogen (secondary N) is 6. The number of pyridine rings is 3. The van der Waals surface area contributed by atoms with E-state index in [4.69, 9.17) is 9.94 Å². The fourth-order valence-electron chi connectivity index (χ4n) is 7.63. The number of anilines is 3. The minimum atomic E-state index is -0.928. The highest BCUT2D eigenvalue weighted by molar-refractivity contribution is 6.14. The van der Waals surface area contributed by atoms with Gasteiger partial charge in [0.1, 0.15) is 18.6 Å². The zero-order valence-electron chi connectivity index (χ0n) is 38.9. The lowest BCUT2D eigenvalue weighted by Gasteiger charge is -2.19. The number of ether oxygens (including phenoxy) is 1. The molecule has 17 heteroatoms. The van der Waals surface area contributed by atoms with Crippen LogP contribution in [0.25, 0.3) is 32.7 Å². The van der Waals surface area contributed by atoms with Crippen LogP contribution in [-0.4, -0.2) is 68.9 Å². The van der Waals surface area contributed by atoms with Crippen molar-refractivity contribution in [3.63, 3.8) is 0 Å². The Labute approximate surface area is 405 Å². The van der Waals surface area contributed by atoms with Gasteiger partial charge in [0.2, 0.25) is 29.5 Å². The fraction of sp³-hybridized carbons (Fsp3) is 0.264. The van der Waals surface area contributed by atoms with Gasteiger partial charge in [-0.25, -0.2) is 10.3 Å². The minimum absolute atomic E-state index is 0.0195. The third-order valence-electron chi connectivity index (χ3n) is 11.3. The number of rotatable bonds is 21. The van der Waals surface area contributed by atoms with Gasteiger partial charge in [-0.05, 0) is 67.6 Å². The summed E-state index contributed by atoms with van der Waals surface area (Å²) in [6, 6.07) is 36.2. The number of hydrogen-bond acceptors (Lipinski definition) is 11. The summed E-state index contributed by atoms with van der Waals surface area (Å²) in [5, 5.41) is 25.2. The molecule has 3 aromatic heterocycles. The second kappa shape index (κ2) is 26.9. The predicted octanol–water partition coefficient (Wildman–Crippen LogP) is 8.60. The van der Waals surface area contributed by atoms with Crippen LogP contribution in [0.15, 0.2) is 140 Å². The number of para-hydroxylation sites is 3. The summed E-state index contributed by atoms with van der Waals surface area (Å²) in [5.41, 5.74) is 6.07. The molecular weight excluding hydrogens is 891 g/mol. The SMILES string of the molecule is CNC(=O)CCCCCC(C(=O)Nc1cccc2cccnc12)C(=O)Nc1cccc2cccnc12.O=C(CCCCC[C@H](NC(=O)OCc1ccccc1)C(=O)Nc1cccc2cccnc12)NO. The normalized spacial score (nSPS) is 11.2. The Hall–Kier alpha value is -8.31. The van der Waals surface area contributed by atoms with Crippen LogP contribution in [-0.2, 0) is 35.3 Å². The quantitative estimate of drug-likeness (QED) is 0.0156. The van der Waals surface area contributed by atoms with Gasteiger partial charge in [-0.1, -0.05) is 111 Å². The van der Waals surface area contributed by atoms with Gasteiger partial charge < -0.3 is 31.3 Å². The summed E-state index contributed by atoms with van der Waals surface area (Å²) in [4.78, 5) is 88.0. The zero-order valence-corrected chi connectivity index (χ0v) is 38.9. The van der Waals surface area contributed by atoms with E-state index in [-0.39, 0.29) is 24.8 Å². The number of unbranched alkanes of at least 4 members (excludes halogenated alkanes) is 4. The summed E-state index contributed by atoms with van der Waals surface area (Å²) < 4.78 is 5.28. The van der Waals surface area contributed by atoms with Crippen molar-refractivity contribution in [2.75, 3.05) is 23.0 Å². The molecular formula is C53H57N9O8. The lowest BCUT2D eigenvalue weighted by atomic mass is 9.98. The molecule has 17 nitrogen and oxygen atoms in total. The molecule has 362 valence electrons. The molecule has 3 heterocycles. The number of benzene rings is 4. The molecule has 0 aliphatic heterocycles. The Morgan fingerprint density at radius 1 is 0.514 bits per heavy atom. The van der Waals surface area contributed by atoms with E-state index in [0.29, 0.717) is 85.0 Å². The molecule has 0 bridgehead atoms. The molecule has 0 radical (unpaired) electrons. The van der Waals surface area contributed by atoms with Gasteiger partial charge >= 0.3 is 6.09 Å². The van der Waals surface area contributed by atoms with Crippen LogP contribution in [0.4, 0.5) is 21.9 Å². The molecule has 0 saturated heterocycles. The van der Waals surface area contributed by atoms with Gasteiger partial charge in [-0.2, -0.15) is 0 Å². The highest BCUT2D eigenvalue weighted by Gasteiger charge is 2.28. The van der Waals surface area contributed by atoms with E-state index in [1.807, 2.05) is 103 Å². The maximum Gasteiger partial charge on any atom is 0.408 e. The topological polar surface area (TPSA) is 243 Å². The van der Waals surface area contributed by atoms with Crippen molar-refractivity contribution in [3.8, 4) is 0 Å². The molecule has 6 amide bonds. The van der Waals surface area contributed by atoms with E-state index < -0.39 is 35.8 Å². The van der Waals surface area contributed by atoms with Crippen molar-refractivity contribution < 1.29 is 38.7 Å². The summed E-state index contributed by atoms with van der Waals surface area (Å²) in [7, 11) is 1.61. The largest absolute Gasteiger partial charge is 0.445 e. The average Bonchev–Trinajstić information content (AvgIpc) is 3.39. The predicted molar refractivity (Wildman–Crippen MR) is 268 cm³/mol. The molecule has 0 unspecified atom stereocenters. The van der Waals surface area contributed by atoms with Gasteiger partial charge in [-0.3, -0.25) is 44.1 Å². The molecule has 0 aliphatic carbocycles. The third-order valence-corrected chi connectivity index (χ3v) is 11.3. The highest BCUT2D eigenvalue weighted by atomic mass is 16.5. The smallest absolute Gasteiger partial charge is 0.408 e. The van der Waals surface area contributed by atoms with Crippen LogP contribution in [0.5, 0.6) is 0 Å². The van der Waals surface area contributed by atoms with Crippen molar-refractivity contribution in [2.24, 2.45) is 5.92 Å². The monoisotopic (exact) mass is 947 g/mol. The number of aromatic nitrogens is 3. The summed E-state index contributed by atoms with van der Waals surface area (Å²) in [5.74, 6) is -2.59. The maximum absolute atomic E-state index is 13.4. The molecule has 0 saturated carbocycles. The molecule has 0 aliphatic rings. The molecule has 0 spiro atoms. The second-order valence-corrected chi connectivity index (χ2v) is 16.3. The van der Waals surface area contributed by atoms with Crippen LogP contribution in [0.3, 0.4) is 0 Å². The summed E-state index contributed by atoms with van der Waals surface area (Å²) in [6.45, 7) is 0.0878. The molecule has 7 aromatic rings. The number of alkyl carbamates (subject to hydrolysis) is 1. The van der Waals surface area contributed by atoms with E-state index in [2.05, 4.69) is 41.5 Å². The first-order chi connectivity index (χ1) is 34.1. The van der Waals surface area contributed by atoms with Gasteiger partial charge in [0, 0.05) is 54.6 Å². The van der Waals surface area contributed by atoms with E-state index in [1.54, 1.807) is 49.3 Å². The van der Waals surface area contributed by atoms with Gasteiger partial charge in [0.25, 0.3) is 0 Å². The van der Waals surface area contributed by atoms with Crippen molar-refractivity contribution in [3.05, 3.63) is 145 Å². The van der Waals surface area contributed by atoms with Crippen molar-refractivity contribution in [1.29, 1.82) is 0 Å². The van der Waals surface area contributed by atoms with Crippen LogP contribution < -0.4 is 32.1 Å². The molecule has 0 fully saturated rings. The summed E-state index contributed by atoms with van der Waals surface area (Å²) in [6.07, 6.45) is 9.43. The Morgan fingerprint density at radius 3 is 1.46 bits per heavy atom. The van der Waals surface area contributed by atoms with Crippen molar-refractivity contribution in [2.45, 2.75) is 76.9 Å². The van der Waals surface area contributed by atoms with Gasteiger partial charge in [0.15, 0.2) is 0 Å². The van der Waals surface area contributed by atoms with Crippen molar-refractivity contribution >= 4 is 85.4 Å². The van der Waals surface area contributed by atoms with E-state index in [0.717, 1.165) is 28.1 Å². The van der Waals surface area contributed by atoms with Gasteiger partial charge in [0.05, 0.1) is 33.6 Å². The number of hydroxylamine groups is 1. The van der Waals surface area contributed by atoms with E-state index in [9.17, 15) is 28.8 Å². The molecule has 7 N–H and O–H groups in total. The first-order valence-electron chi connectivity index (χ1n) is 23.2. The van der Waals surface area contributed by atoms with Crippen LogP contribution in [0, 0.1) is 5.92 Å². The van der Waals surface area contributed by atoms with E-state index >= 15 is 0 Å². The highest BCUT2D eigenvalue weighted by Crippen LogP contribution is 2.26. The minimum Gasteiger partial charge on any atom is -0.445 e. The van der Waals surface area contributed by atoms with Crippen LogP contribution in [0.1, 0.15) is 69.8 Å². The number of carbonyl (C=O) groups is 6. The van der Waals surface area contributed by atoms with Gasteiger partial charge in [-0.15, -0.1) is 0 Å². The number of fused-ring (bicyclic) bond motifs is 3. The molecule has 4 aromatic carbocycles. The van der Waals surface area contributed by atoms with Crippen LogP contribution >= 0.6 is 0 Å². The Bertz CT molecular complexity index is 2770. The lowest BCUT2D eigenvalue weighted by Crippen LogP contribution is -2.44. The number of hydrogen-bond donors (Lipinski definition) is 7. The standard InChI is InChI=1S/C28H29N5O3.C25H28N4O5/c1-29-24(34)16-4-2-3-13-21(27(35)32-22-14-5-9-19-11-7-17-30-25(19)22)28(36)33-23-15-6-10-20-12-8-18-31-26(20)23;30-22(29-33)15-6-2-5-13-21(28-25(32)34-17-18-9-3-1-4-10-18)24(31)27-20-14-7-11-19-12-8-16-26-23(19)20/h5-12,14-15,17-18,21H,2-4,13,16H2,1H3,(H,29,34)(H,32,35)(H,33,36);1,3-4,7-12,14,16,21,33H,2,5-6,13,15,17H2,(H,27,31)(H,28,32)(H,29,30)/t;21-/m.0/s1. The average molecular weight is 948 g/mol. The second-order valence-electron chi connectivity index (χ2n) is 16.3. The first-order valence-corrected chi connectivity index (χ1v) is 23.2. The maximum atomic E-state index is 13.4. The Morgan fingerprint density at radius 2 is 0.971 bits per heavy atom. The Kier molecular flexibility index (Phi) is 19.6. The van der Waals surface area contributed by atoms with E-state index in [1.165, 1.54) is 0 Å². The number of carbonyl (C=O) groups excluding carboxylic acids is 6.